The van der Waals surface area contributed by atoms with Crippen molar-refractivity contribution in [2.45, 2.75) is 37.1 Å². The monoisotopic (exact) mass is 410 g/mol. The molecule has 0 radical (unpaired) electrons. The van der Waals surface area contributed by atoms with E-state index in [2.05, 4.69) is 35.4 Å². The van der Waals surface area contributed by atoms with E-state index in [0.29, 0.717) is 22.6 Å². The molecule has 1 aromatic heterocycles. The van der Waals surface area contributed by atoms with Crippen LogP contribution in [0.2, 0.25) is 0 Å². The number of ether oxygens (including phenoxy) is 1. The number of sulfone groups is 1. The number of halogens is 1. The minimum Gasteiger partial charge on any atom is -0.496 e. The van der Waals surface area contributed by atoms with Crippen molar-refractivity contribution >= 4 is 22.2 Å². The molecule has 2 atom stereocenters. The lowest BCUT2D eigenvalue weighted by atomic mass is 9.94. The lowest BCUT2D eigenvalue weighted by molar-refractivity contribution is 0.416. The van der Waals surface area contributed by atoms with Crippen LogP contribution in [0.4, 0.5) is 0 Å². The zero-order valence-electron chi connectivity index (χ0n) is 15.9. The first-order valence-corrected chi connectivity index (χ1v) is 10.6. The molecule has 0 fully saturated rings. The third-order valence-corrected chi connectivity index (χ3v) is 6.79. The Morgan fingerprint density at radius 1 is 1.22 bits per heavy atom. The van der Waals surface area contributed by atoms with Crippen molar-refractivity contribution in [3.63, 3.8) is 0 Å². The first kappa shape index (κ1) is 21.5. The number of rotatable bonds is 6. The summed E-state index contributed by atoms with van der Waals surface area (Å²) in [5.41, 5.74) is 2.75. The number of nitrogens with one attached hydrogen (secondary N) is 2. The highest BCUT2D eigenvalue weighted by atomic mass is 35.5. The molecular formula is C20H27ClN2O3S. The Morgan fingerprint density at radius 3 is 2.63 bits per heavy atom. The second-order valence-corrected chi connectivity index (χ2v) is 8.88. The van der Waals surface area contributed by atoms with Crippen LogP contribution in [-0.4, -0.2) is 38.9 Å². The number of aromatic amines is 1. The molecule has 7 heteroatoms. The summed E-state index contributed by atoms with van der Waals surface area (Å²) in [7, 11) is -1.67. The topological polar surface area (TPSA) is 71.2 Å². The van der Waals surface area contributed by atoms with E-state index in [9.17, 15) is 8.42 Å². The average molecular weight is 411 g/mol. The molecule has 148 valence electrons. The Bertz CT molecular complexity index is 906. The number of methoxy groups -OCH3 is 1. The van der Waals surface area contributed by atoms with Crippen molar-refractivity contribution < 1.29 is 13.2 Å². The molecule has 0 saturated carbocycles. The van der Waals surface area contributed by atoms with Crippen LogP contribution in [0.3, 0.4) is 0 Å². The van der Waals surface area contributed by atoms with E-state index in [1.165, 1.54) is 0 Å². The maximum Gasteiger partial charge on any atom is 0.178 e. The maximum absolute atomic E-state index is 12.2. The van der Waals surface area contributed by atoms with E-state index in [4.69, 9.17) is 4.74 Å². The van der Waals surface area contributed by atoms with Gasteiger partial charge in [-0.05, 0) is 36.8 Å². The predicted molar refractivity (Wildman–Crippen MR) is 112 cm³/mol. The third kappa shape index (κ3) is 4.57. The van der Waals surface area contributed by atoms with E-state index in [0.717, 1.165) is 29.9 Å². The molecule has 27 heavy (non-hydrogen) atoms. The molecule has 0 aliphatic carbocycles. The smallest absolute Gasteiger partial charge is 0.178 e. The van der Waals surface area contributed by atoms with Crippen molar-refractivity contribution in [3.05, 3.63) is 48.2 Å². The van der Waals surface area contributed by atoms with Crippen molar-refractivity contribution in [3.8, 4) is 17.0 Å². The molecule has 0 saturated heterocycles. The van der Waals surface area contributed by atoms with Crippen molar-refractivity contribution in [2.75, 3.05) is 19.4 Å². The van der Waals surface area contributed by atoms with E-state index >= 15 is 0 Å². The van der Waals surface area contributed by atoms with Crippen molar-refractivity contribution in [1.29, 1.82) is 0 Å². The van der Waals surface area contributed by atoms with Gasteiger partial charge in [0.25, 0.3) is 0 Å². The molecule has 1 aliphatic heterocycles. The highest BCUT2D eigenvalue weighted by molar-refractivity contribution is 7.91. The summed E-state index contributed by atoms with van der Waals surface area (Å²) in [6.45, 7) is 4.74. The predicted octanol–water partition coefficient (Wildman–Crippen LogP) is 3.93. The van der Waals surface area contributed by atoms with E-state index in [1.807, 2.05) is 6.07 Å². The van der Waals surface area contributed by atoms with Gasteiger partial charge in [0, 0.05) is 35.5 Å². The molecule has 0 bridgehead atoms. The van der Waals surface area contributed by atoms with Gasteiger partial charge in [-0.25, -0.2) is 8.42 Å². The molecule has 2 aromatic rings. The third-order valence-electron chi connectivity index (χ3n) is 5.06. The van der Waals surface area contributed by atoms with Crippen molar-refractivity contribution in [1.82, 2.24) is 10.3 Å². The highest BCUT2D eigenvalue weighted by Crippen LogP contribution is 2.33. The van der Waals surface area contributed by atoms with Gasteiger partial charge in [-0.15, -0.1) is 12.4 Å². The van der Waals surface area contributed by atoms with E-state index in [-0.39, 0.29) is 18.2 Å². The molecule has 2 unspecified atom stereocenters. The Kier molecular flexibility index (Phi) is 7.14. The fraction of sp³-hybridized carbons (Fsp3) is 0.400. The molecule has 0 spiro atoms. The first-order valence-electron chi connectivity index (χ1n) is 8.94. The van der Waals surface area contributed by atoms with Gasteiger partial charge in [0.05, 0.1) is 17.8 Å². The zero-order valence-corrected chi connectivity index (χ0v) is 17.5. The SMILES string of the molecule is CCS(=O)(=O)c1ccc(OC)c(-c2ccc(C(C)C3CC=CCN3)[nH]2)c1.Cl. The Hall–Kier alpha value is -1.76. The van der Waals surface area contributed by atoms with Crippen LogP contribution in [0, 0.1) is 0 Å². The summed E-state index contributed by atoms with van der Waals surface area (Å²) in [6, 6.07) is 9.46. The normalized spacial score (nSPS) is 18.0. The van der Waals surface area contributed by atoms with Crippen LogP contribution in [-0.2, 0) is 9.84 Å². The molecule has 2 heterocycles. The lowest BCUT2D eigenvalue weighted by Gasteiger charge is -2.25. The fourth-order valence-corrected chi connectivity index (χ4v) is 4.23. The van der Waals surface area contributed by atoms with Gasteiger partial charge in [-0.2, -0.15) is 0 Å². The summed E-state index contributed by atoms with van der Waals surface area (Å²) < 4.78 is 29.9. The number of hydrogen-bond donors (Lipinski definition) is 2. The molecule has 1 aliphatic rings. The summed E-state index contributed by atoms with van der Waals surface area (Å²) in [5, 5.41) is 3.51. The highest BCUT2D eigenvalue weighted by Gasteiger charge is 2.21. The quantitative estimate of drug-likeness (QED) is 0.708. The van der Waals surface area contributed by atoms with Crippen molar-refractivity contribution in [2.24, 2.45) is 0 Å². The standard InChI is InChI=1S/C20H26N2O3S.ClH/c1-4-26(23,24)15-8-11-20(25-3)16(13-15)19-10-9-18(22-19)14(2)17-7-5-6-12-21-17;/h5-6,8-11,13-14,17,21-22H,4,7,12H2,1-3H3;1H. The van der Waals surface area contributed by atoms with Crippen LogP contribution < -0.4 is 10.1 Å². The van der Waals surface area contributed by atoms with Gasteiger partial charge in [0.15, 0.2) is 9.84 Å². The summed E-state index contributed by atoms with van der Waals surface area (Å²) in [6.07, 6.45) is 5.36. The average Bonchev–Trinajstić information content (AvgIpc) is 3.17. The number of benzene rings is 1. The van der Waals surface area contributed by atoms with E-state index < -0.39 is 9.84 Å². The second kappa shape index (κ2) is 8.95. The molecule has 2 N–H and O–H groups in total. The largest absolute Gasteiger partial charge is 0.496 e. The number of H-pyrrole nitrogens is 1. The van der Waals surface area contributed by atoms with Gasteiger partial charge in [-0.3, -0.25) is 0 Å². The van der Waals surface area contributed by atoms with Gasteiger partial charge >= 0.3 is 0 Å². The van der Waals surface area contributed by atoms with Crippen LogP contribution >= 0.6 is 12.4 Å². The maximum atomic E-state index is 12.2. The fourth-order valence-electron chi connectivity index (χ4n) is 3.32. The Morgan fingerprint density at radius 2 is 2.00 bits per heavy atom. The van der Waals surface area contributed by atoms with Crippen LogP contribution in [0.1, 0.15) is 31.9 Å². The summed E-state index contributed by atoms with van der Waals surface area (Å²) >= 11 is 0. The summed E-state index contributed by atoms with van der Waals surface area (Å²) in [5.74, 6) is 1.05. The number of hydrogen-bond acceptors (Lipinski definition) is 4. The second-order valence-electron chi connectivity index (χ2n) is 6.60. The van der Waals surface area contributed by atoms with Crippen LogP contribution in [0.15, 0.2) is 47.4 Å². The Labute approximate surface area is 167 Å². The molecule has 3 rings (SSSR count). The van der Waals surface area contributed by atoms with Crippen LogP contribution in [0.5, 0.6) is 5.75 Å². The minimum absolute atomic E-state index is 0. The summed E-state index contributed by atoms with van der Waals surface area (Å²) in [4.78, 5) is 3.78. The van der Waals surface area contributed by atoms with Gasteiger partial charge < -0.3 is 15.0 Å². The van der Waals surface area contributed by atoms with Gasteiger partial charge in [0.1, 0.15) is 5.75 Å². The zero-order chi connectivity index (χ0) is 18.7. The van der Waals surface area contributed by atoms with Crippen LogP contribution in [0.25, 0.3) is 11.3 Å². The van der Waals surface area contributed by atoms with Gasteiger partial charge in [-0.1, -0.05) is 26.0 Å². The molecule has 0 amide bonds. The molecule has 5 nitrogen and oxygen atoms in total. The Balaban J connectivity index is 0.00000261. The van der Waals surface area contributed by atoms with E-state index in [1.54, 1.807) is 32.2 Å². The molecule has 1 aromatic carbocycles. The lowest BCUT2D eigenvalue weighted by Crippen LogP contribution is -2.35. The molecular weight excluding hydrogens is 384 g/mol. The number of aromatic nitrogens is 1. The first-order chi connectivity index (χ1) is 12.5. The van der Waals surface area contributed by atoms with Gasteiger partial charge in [0.2, 0.25) is 0 Å². The minimum atomic E-state index is -3.27.